The van der Waals surface area contributed by atoms with Gasteiger partial charge in [0, 0.05) is 29.5 Å². The number of aliphatic hydroxyl groups is 1. The van der Waals surface area contributed by atoms with Gasteiger partial charge in [-0.25, -0.2) is 4.99 Å². The zero-order chi connectivity index (χ0) is 14.1. The summed E-state index contributed by atoms with van der Waals surface area (Å²) in [6.07, 6.45) is 1.08. The molecular weight excluding hydrogens is 385 g/mol. The maximum atomic E-state index is 9.02. The van der Waals surface area contributed by atoms with Crippen LogP contribution in [0.25, 0.3) is 0 Å². The maximum absolute atomic E-state index is 9.02. The lowest BCUT2D eigenvalue weighted by Crippen LogP contribution is -2.39. The number of aryl methyl sites for hydroxylation is 1. The monoisotopic (exact) mass is 411 g/mol. The first-order valence-electron chi connectivity index (χ1n) is 6.90. The van der Waals surface area contributed by atoms with E-state index < -0.39 is 0 Å². The highest BCUT2D eigenvalue weighted by Crippen LogP contribution is 2.17. The van der Waals surface area contributed by atoms with Crippen LogP contribution in [0.3, 0.4) is 0 Å². The van der Waals surface area contributed by atoms with E-state index in [2.05, 4.69) is 34.7 Å². The number of nitrogens with one attached hydrogen (secondary N) is 2. The van der Waals surface area contributed by atoms with Gasteiger partial charge in [-0.1, -0.05) is 13.8 Å². The molecule has 0 spiro atoms. The van der Waals surface area contributed by atoms with E-state index in [9.17, 15) is 0 Å². The van der Waals surface area contributed by atoms with E-state index in [1.54, 1.807) is 0 Å². The molecule has 1 aromatic heterocycles. The minimum Gasteiger partial charge on any atom is -0.396 e. The quantitative estimate of drug-likeness (QED) is 0.367. The second-order valence-electron chi connectivity index (χ2n) is 4.59. The summed E-state index contributed by atoms with van der Waals surface area (Å²) in [5.41, 5.74) is 0. The third-order valence-corrected chi connectivity index (χ3v) is 3.95. The van der Waals surface area contributed by atoms with Gasteiger partial charge in [-0.05, 0) is 31.4 Å². The molecule has 1 atom stereocenters. The van der Waals surface area contributed by atoms with Gasteiger partial charge in [-0.3, -0.25) is 0 Å². The molecule has 1 rings (SSSR count). The summed E-state index contributed by atoms with van der Waals surface area (Å²) in [6, 6.07) is 4.32. The topological polar surface area (TPSA) is 56.7 Å². The SMILES string of the molecule is CCNC(=NCc1ccc(CC)s1)NCC(C)CO.I. The van der Waals surface area contributed by atoms with Gasteiger partial charge in [0.25, 0.3) is 0 Å². The van der Waals surface area contributed by atoms with Gasteiger partial charge in [0.05, 0.1) is 6.54 Å². The van der Waals surface area contributed by atoms with Crippen LogP contribution in [0.5, 0.6) is 0 Å². The number of hydrogen-bond acceptors (Lipinski definition) is 3. The van der Waals surface area contributed by atoms with Crippen LogP contribution in [-0.4, -0.2) is 30.8 Å². The van der Waals surface area contributed by atoms with Crippen LogP contribution in [0.15, 0.2) is 17.1 Å². The number of nitrogens with zero attached hydrogens (tertiary/aromatic N) is 1. The van der Waals surface area contributed by atoms with Crippen molar-refractivity contribution >= 4 is 41.3 Å². The molecular formula is C14H26IN3OS. The number of rotatable bonds is 7. The fourth-order valence-electron chi connectivity index (χ4n) is 1.53. The van der Waals surface area contributed by atoms with Crippen molar-refractivity contribution < 1.29 is 5.11 Å². The van der Waals surface area contributed by atoms with Crippen LogP contribution < -0.4 is 10.6 Å². The van der Waals surface area contributed by atoms with E-state index in [0.29, 0.717) is 6.54 Å². The molecule has 116 valence electrons. The fraction of sp³-hybridized carbons (Fsp3) is 0.643. The van der Waals surface area contributed by atoms with Crippen molar-refractivity contribution in [2.45, 2.75) is 33.7 Å². The standard InChI is InChI=1S/C14H25N3OS.HI/c1-4-12-6-7-13(19-12)9-17-14(15-5-2)16-8-11(3)10-18;/h6-7,11,18H,4-5,8-10H2,1-3H3,(H2,15,16,17);1H. The molecule has 0 fully saturated rings. The molecule has 0 bridgehead atoms. The molecule has 0 aliphatic heterocycles. The summed E-state index contributed by atoms with van der Waals surface area (Å²) in [5, 5.41) is 15.5. The van der Waals surface area contributed by atoms with Gasteiger partial charge in [0.15, 0.2) is 5.96 Å². The number of guanidine groups is 1. The van der Waals surface area contributed by atoms with Gasteiger partial charge in [-0.2, -0.15) is 0 Å². The molecule has 0 amide bonds. The van der Waals surface area contributed by atoms with Crippen LogP contribution in [-0.2, 0) is 13.0 Å². The number of aliphatic imine (C=N–C) groups is 1. The molecule has 3 N–H and O–H groups in total. The lowest BCUT2D eigenvalue weighted by Gasteiger charge is -2.13. The van der Waals surface area contributed by atoms with Crippen molar-refractivity contribution in [2.75, 3.05) is 19.7 Å². The zero-order valence-electron chi connectivity index (χ0n) is 12.5. The lowest BCUT2D eigenvalue weighted by molar-refractivity contribution is 0.238. The highest BCUT2D eigenvalue weighted by Gasteiger charge is 2.03. The molecule has 0 aromatic carbocycles. The van der Waals surface area contributed by atoms with Crippen LogP contribution in [0.4, 0.5) is 0 Å². The Hall–Kier alpha value is -0.340. The van der Waals surface area contributed by atoms with Crippen molar-refractivity contribution in [1.82, 2.24) is 10.6 Å². The van der Waals surface area contributed by atoms with Crippen molar-refractivity contribution in [3.05, 3.63) is 21.9 Å². The van der Waals surface area contributed by atoms with Gasteiger partial charge in [0.1, 0.15) is 0 Å². The third kappa shape index (κ3) is 7.44. The average molecular weight is 411 g/mol. The Bertz CT molecular complexity index is 396. The van der Waals surface area contributed by atoms with Gasteiger partial charge in [0.2, 0.25) is 0 Å². The highest BCUT2D eigenvalue weighted by molar-refractivity contribution is 14.0. The Morgan fingerprint density at radius 2 is 2.00 bits per heavy atom. The van der Waals surface area contributed by atoms with E-state index in [1.165, 1.54) is 9.75 Å². The smallest absolute Gasteiger partial charge is 0.191 e. The molecule has 1 unspecified atom stereocenters. The van der Waals surface area contributed by atoms with Gasteiger partial charge >= 0.3 is 0 Å². The summed E-state index contributed by atoms with van der Waals surface area (Å²) in [7, 11) is 0. The summed E-state index contributed by atoms with van der Waals surface area (Å²) in [4.78, 5) is 7.24. The van der Waals surface area contributed by atoms with E-state index in [4.69, 9.17) is 5.11 Å². The number of hydrogen-bond donors (Lipinski definition) is 3. The molecule has 0 aliphatic carbocycles. The van der Waals surface area contributed by atoms with E-state index in [-0.39, 0.29) is 36.5 Å². The van der Waals surface area contributed by atoms with Crippen LogP contribution in [0, 0.1) is 5.92 Å². The van der Waals surface area contributed by atoms with Gasteiger partial charge < -0.3 is 15.7 Å². The minimum absolute atomic E-state index is 0. The van der Waals surface area contributed by atoms with E-state index in [1.807, 2.05) is 25.2 Å². The first-order chi connectivity index (χ1) is 9.19. The summed E-state index contributed by atoms with van der Waals surface area (Å²) in [6.45, 7) is 8.68. The average Bonchev–Trinajstić information content (AvgIpc) is 2.89. The van der Waals surface area contributed by atoms with Crippen molar-refractivity contribution in [3.63, 3.8) is 0 Å². The van der Waals surface area contributed by atoms with Crippen molar-refractivity contribution in [3.8, 4) is 0 Å². The van der Waals surface area contributed by atoms with Crippen LogP contribution >= 0.6 is 35.3 Å². The molecule has 1 aromatic rings. The lowest BCUT2D eigenvalue weighted by atomic mass is 10.2. The molecule has 20 heavy (non-hydrogen) atoms. The summed E-state index contributed by atoms with van der Waals surface area (Å²) >= 11 is 1.82. The summed E-state index contributed by atoms with van der Waals surface area (Å²) < 4.78 is 0. The van der Waals surface area contributed by atoms with Crippen LogP contribution in [0.1, 0.15) is 30.5 Å². The van der Waals surface area contributed by atoms with Crippen molar-refractivity contribution in [1.29, 1.82) is 0 Å². The molecule has 0 aliphatic rings. The Balaban J connectivity index is 0.00000361. The Morgan fingerprint density at radius 1 is 1.30 bits per heavy atom. The molecule has 4 nitrogen and oxygen atoms in total. The third-order valence-electron chi connectivity index (χ3n) is 2.73. The number of halogens is 1. The largest absolute Gasteiger partial charge is 0.396 e. The maximum Gasteiger partial charge on any atom is 0.191 e. The number of thiophene rings is 1. The molecule has 0 saturated heterocycles. The number of aliphatic hydroxyl groups excluding tert-OH is 1. The molecule has 6 heteroatoms. The Labute approximate surface area is 143 Å². The highest BCUT2D eigenvalue weighted by atomic mass is 127. The second kappa shape index (κ2) is 11.3. The Morgan fingerprint density at radius 3 is 2.55 bits per heavy atom. The van der Waals surface area contributed by atoms with Gasteiger partial charge in [-0.15, -0.1) is 35.3 Å². The summed E-state index contributed by atoms with van der Waals surface area (Å²) in [5.74, 6) is 1.05. The molecule has 1 heterocycles. The van der Waals surface area contributed by atoms with Crippen LogP contribution in [0.2, 0.25) is 0 Å². The second-order valence-corrected chi connectivity index (χ2v) is 5.84. The molecule has 0 radical (unpaired) electrons. The normalized spacial score (nSPS) is 12.7. The minimum atomic E-state index is 0. The first kappa shape index (κ1) is 19.7. The van der Waals surface area contributed by atoms with E-state index >= 15 is 0 Å². The Kier molecular flexibility index (Phi) is 11.1. The first-order valence-corrected chi connectivity index (χ1v) is 7.71. The zero-order valence-corrected chi connectivity index (χ0v) is 15.6. The predicted molar refractivity (Wildman–Crippen MR) is 98.2 cm³/mol. The van der Waals surface area contributed by atoms with E-state index in [0.717, 1.165) is 25.5 Å². The predicted octanol–water partition coefficient (Wildman–Crippen LogP) is 2.61. The van der Waals surface area contributed by atoms with Crippen molar-refractivity contribution in [2.24, 2.45) is 10.9 Å². The fourth-order valence-corrected chi connectivity index (χ4v) is 2.41. The molecule has 0 saturated carbocycles.